The van der Waals surface area contributed by atoms with E-state index < -0.39 is 0 Å². The van der Waals surface area contributed by atoms with E-state index in [1.165, 1.54) is 16.7 Å². The van der Waals surface area contributed by atoms with E-state index in [0.29, 0.717) is 13.2 Å². The van der Waals surface area contributed by atoms with Crippen LogP contribution in [0.5, 0.6) is 0 Å². The summed E-state index contributed by atoms with van der Waals surface area (Å²) >= 11 is 0. The van der Waals surface area contributed by atoms with Gasteiger partial charge in [-0.05, 0) is 43.4 Å². The van der Waals surface area contributed by atoms with E-state index >= 15 is 0 Å². The van der Waals surface area contributed by atoms with E-state index in [9.17, 15) is 0 Å². The maximum atomic E-state index is 6.19. The van der Waals surface area contributed by atoms with Crippen LogP contribution in [0.4, 0.5) is 0 Å². The SMILES string of the molecule is CCC(N)(CC)COCc1ccc(C)c(C)c1. The van der Waals surface area contributed by atoms with Gasteiger partial charge >= 0.3 is 0 Å². The molecule has 0 aliphatic heterocycles. The van der Waals surface area contributed by atoms with E-state index in [1.54, 1.807) is 0 Å². The van der Waals surface area contributed by atoms with Crippen LogP contribution in [-0.2, 0) is 11.3 Å². The van der Waals surface area contributed by atoms with Crippen molar-refractivity contribution in [3.8, 4) is 0 Å². The third-order valence-electron chi connectivity index (χ3n) is 3.64. The first-order valence-corrected chi connectivity index (χ1v) is 6.43. The molecule has 0 radical (unpaired) electrons. The lowest BCUT2D eigenvalue weighted by atomic mass is 9.96. The number of hydrogen-bond acceptors (Lipinski definition) is 2. The highest BCUT2D eigenvalue weighted by Crippen LogP contribution is 2.14. The molecule has 96 valence electrons. The lowest BCUT2D eigenvalue weighted by Gasteiger charge is -2.26. The molecule has 0 heterocycles. The Balaban J connectivity index is 2.48. The molecule has 1 rings (SSSR count). The topological polar surface area (TPSA) is 35.2 Å². The average molecular weight is 235 g/mol. The van der Waals surface area contributed by atoms with Gasteiger partial charge in [0, 0.05) is 5.54 Å². The molecule has 1 aromatic carbocycles. The Labute approximate surface area is 105 Å². The third kappa shape index (κ3) is 4.14. The zero-order valence-electron chi connectivity index (χ0n) is 11.5. The molecule has 2 N–H and O–H groups in total. The van der Waals surface area contributed by atoms with Crippen LogP contribution >= 0.6 is 0 Å². The van der Waals surface area contributed by atoms with Crippen molar-refractivity contribution < 1.29 is 4.74 Å². The van der Waals surface area contributed by atoms with Gasteiger partial charge in [0.05, 0.1) is 13.2 Å². The van der Waals surface area contributed by atoms with E-state index in [1.807, 2.05) is 0 Å². The number of benzene rings is 1. The summed E-state index contributed by atoms with van der Waals surface area (Å²) in [6.07, 6.45) is 1.91. The second-order valence-electron chi connectivity index (χ2n) is 4.98. The summed E-state index contributed by atoms with van der Waals surface area (Å²) in [5.74, 6) is 0. The summed E-state index contributed by atoms with van der Waals surface area (Å²) in [6, 6.07) is 6.45. The summed E-state index contributed by atoms with van der Waals surface area (Å²) in [4.78, 5) is 0. The molecule has 2 nitrogen and oxygen atoms in total. The lowest BCUT2D eigenvalue weighted by molar-refractivity contribution is 0.0696. The van der Waals surface area contributed by atoms with E-state index in [0.717, 1.165) is 12.8 Å². The van der Waals surface area contributed by atoms with Gasteiger partial charge in [-0.25, -0.2) is 0 Å². The zero-order valence-corrected chi connectivity index (χ0v) is 11.5. The van der Waals surface area contributed by atoms with E-state index in [-0.39, 0.29) is 5.54 Å². The Kier molecular flexibility index (Phi) is 5.16. The second-order valence-corrected chi connectivity index (χ2v) is 4.98. The van der Waals surface area contributed by atoms with Crippen molar-refractivity contribution in [2.45, 2.75) is 52.7 Å². The lowest BCUT2D eigenvalue weighted by Crippen LogP contribution is -2.43. The maximum Gasteiger partial charge on any atom is 0.0717 e. The predicted octanol–water partition coefficient (Wildman–Crippen LogP) is 3.34. The predicted molar refractivity (Wildman–Crippen MR) is 73.1 cm³/mol. The Bertz CT molecular complexity index is 356. The normalized spacial score (nSPS) is 11.8. The largest absolute Gasteiger partial charge is 0.375 e. The summed E-state index contributed by atoms with van der Waals surface area (Å²) in [5.41, 5.74) is 9.89. The van der Waals surface area contributed by atoms with Gasteiger partial charge in [0.2, 0.25) is 0 Å². The van der Waals surface area contributed by atoms with Gasteiger partial charge in [-0.2, -0.15) is 0 Å². The molecule has 0 saturated carbocycles. The van der Waals surface area contributed by atoms with Crippen LogP contribution in [0.25, 0.3) is 0 Å². The van der Waals surface area contributed by atoms with Gasteiger partial charge in [0.1, 0.15) is 0 Å². The van der Waals surface area contributed by atoms with Crippen molar-refractivity contribution in [1.29, 1.82) is 0 Å². The molecule has 0 amide bonds. The molecule has 0 aliphatic carbocycles. The first-order valence-electron chi connectivity index (χ1n) is 6.43. The zero-order chi connectivity index (χ0) is 12.9. The van der Waals surface area contributed by atoms with Crippen molar-refractivity contribution in [2.24, 2.45) is 5.73 Å². The van der Waals surface area contributed by atoms with E-state index in [4.69, 9.17) is 10.5 Å². The standard InChI is InChI=1S/C15H25NO/c1-5-15(16,6-2)11-17-10-14-8-7-12(3)13(4)9-14/h7-9H,5-6,10-11,16H2,1-4H3. The quantitative estimate of drug-likeness (QED) is 0.820. The van der Waals surface area contributed by atoms with Crippen molar-refractivity contribution in [2.75, 3.05) is 6.61 Å². The molecule has 0 bridgehead atoms. The molecule has 0 aliphatic rings. The summed E-state index contributed by atoms with van der Waals surface area (Å²) in [5, 5.41) is 0. The summed E-state index contributed by atoms with van der Waals surface area (Å²) in [6.45, 7) is 9.77. The minimum absolute atomic E-state index is 0.167. The number of hydrogen-bond donors (Lipinski definition) is 1. The molecule has 0 saturated heterocycles. The number of rotatable bonds is 6. The molecular formula is C15H25NO. The highest BCUT2D eigenvalue weighted by Gasteiger charge is 2.20. The van der Waals surface area contributed by atoms with Gasteiger partial charge in [0.25, 0.3) is 0 Å². The molecule has 1 aromatic rings. The highest BCUT2D eigenvalue weighted by molar-refractivity contribution is 5.29. The van der Waals surface area contributed by atoms with Crippen LogP contribution in [0.1, 0.15) is 43.4 Å². The molecule has 0 unspecified atom stereocenters. The summed E-state index contributed by atoms with van der Waals surface area (Å²) < 4.78 is 5.74. The van der Waals surface area contributed by atoms with Gasteiger partial charge in [-0.3, -0.25) is 0 Å². The Morgan fingerprint density at radius 2 is 1.76 bits per heavy atom. The smallest absolute Gasteiger partial charge is 0.0717 e. The first-order chi connectivity index (χ1) is 8.00. The fourth-order valence-corrected chi connectivity index (χ4v) is 1.72. The van der Waals surface area contributed by atoms with Crippen LogP contribution in [0, 0.1) is 13.8 Å². The minimum Gasteiger partial charge on any atom is -0.375 e. The maximum absolute atomic E-state index is 6.19. The highest BCUT2D eigenvalue weighted by atomic mass is 16.5. The number of aryl methyl sites for hydroxylation is 2. The van der Waals surface area contributed by atoms with Gasteiger partial charge in [0.15, 0.2) is 0 Å². The van der Waals surface area contributed by atoms with Crippen LogP contribution in [0.2, 0.25) is 0 Å². The molecular weight excluding hydrogens is 210 g/mol. The van der Waals surface area contributed by atoms with Crippen LogP contribution in [0.15, 0.2) is 18.2 Å². The minimum atomic E-state index is -0.167. The monoisotopic (exact) mass is 235 g/mol. The van der Waals surface area contributed by atoms with Gasteiger partial charge < -0.3 is 10.5 Å². The Hall–Kier alpha value is -0.860. The first kappa shape index (κ1) is 14.2. The van der Waals surface area contributed by atoms with Crippen LogP contribution in [0.3, 0.4) is 0 Å². The number of ether oxygens (including phenoxy) is 1. The Morgan fingerprint density at radius 3 is 2.29 bits per heavy atom. The van der Waals surface area contributed by atoms with Crippen LogP contribution in [-0.4, -0.2) is 12.1 Å². The Morgan fingerprint density at radius 1 is 1.12 bits per heavy atom. The van der Waals surface area contributed by atoms with Gasteiger partial charge in [-0.15, -0.1) is 0 Å². The van der Waals surface area contributed by atoms with E-state index in [2.05, 4.69) is 45.9 Å². The molecule has 0 atom stereocenters. The third-order valence-corrected chi connectivity index (χ3v) is 3.64. The van der Waals surface area contributed by atoms with Crippen molar-refractivity contribution in [1.82, 2.24) is 0 Å². The molecule has 17 heavy (non-hydrogen) atoms. The van der Waals surface area contributed by atoms with Crippen molar-refractivity contribution >= 4 is 0 Å². The average Bonchev–Trinajstić information content (AvgIpc) is 2.33. The van der Waals surface area contributed by atoms with Gasteiger partial charge in [-0.1, -0.05) is 32.0 Å². The van der Waals surface area contributed by atoms with Crippen molar-refractivity contribution in [3.05, 3.63) is 34.9 Å². The molecule has 0 aromatic heterocycles. The molecule has 2 heteroatoms. The summed E-state index contributed by atoms with van der Waals surface area (Å²) in [7, 11) is 0. The fourth-order valence-electron chi connectivity index (χ4n) is 1.72. The fraction of sp³-hybridized carbons (Fsp3) is 0.600. The molecule has 0 fully saturated rings. The molecule has 0 spiro atoms. The van der Waals surface area contributed by atoms with Crippen molar-refractivity contribution in [3.63, 3.8) is 0 Å². The van der Waals surface area contributed by atoms with Crippen LogP contribution < -0.4 is 5.73 Å². The second kappa shape index (κ2) is 6.18. The number of nitrogens with two attached hydrogens (primary N) is 1.